The molecule has 1 aliphatic rings. The molecule has 1 fully saturated rings. The first-order chi connectivity index (χ1) is 15.8. The molecule has 0 saturated carbocycles. The minimum atomic E-state index is -1.14. The molecule has 1 aromatic heterocycles. The van der Waals surface area contributed by atoms with Crippen LogP contribution in [0.15, 0.2) is 58.2 Å². The van der Waals surface area contributed by atoms with Gasteiger partial charge in [0.2, 0.25) is 0 Å². The van der Waals surface area contributed by atoms with Crippen molar-refractivity contribution in [3.63, 3.8) is 0 Å². The van der Waals surface area contributed by atoms with E-state index in [0.717, 1.165) is 16.8 Å². The Morgan fingerprint density at radius 3 is 2.61 bits per heavy atom. The lowest BCUT2D eigenvalue weighted by molar-refractivity contribution is -0.139. The molecule has 0 unspecified atom stereocenters. The average molecular weight is 482 g/mol. The third-order valence-electron chi connectivity index (χ3n) is 4.47. The largest absolute Gasteiger partial charge is 0.481 e. The van der Waals surface area contributed by atoms with Gasteiger partial charge in [0.05, 0.1) is 10.3 Å². The zero-order chi connectivity index (χ0) is 23.5. The van der Waals surface area contributed by atoms with E-state index in [0.29, 0.717) is 10.9 Å². The quantitative estimate of drug-likeness (QED) is 0.355. The van der Waals surface area contributed by atoms with Crippen LogP contribution >= 0.6 is 24.0 Å². The minimum Gasteiger partial charge on any atom is -0.481 e. The summed E-state index contributed by atoms with van der Waals surface area (Å²) in [7, 11) is 0. The number of H-pyrrole nitrogens is 1. The molecule has 2 aromatic carbocycles. The summed E-state index contributed by atoms with van der Waals surface area (Å²) in [5, 5.41) is 16.4. The Hall–Kier alpha value is -4.03. The molecule has 0 aliphatic carbocycles. The van der Waals surface area contributed by atoms with Crippen LogP contribution in [0, 0.1) is 0 Å². The number of benzene rings is 2. The van der Waals surface area contributed by atoms with Gasteiger partial charge < -0.3 is 9.84 Å². The van der Waals surface area contributed by atoms with Crippen LogP contribution in [0.25, 0.3) is 16.8 Å². The first-order valence-corrected chi connectivity index (χ1v) is 10.6. The molecule has 33 heavy (non-hydrogen) atoms. The van der Waals surface area contributed by atoms with E-state index >= 15 is 0 Å². The van der Waals surface area contributed by atoms with E-state index < -0.39 is 29.9 Å². The van der Waals surface area contributed by atoms with Crippen LogP contribution in [0.1, 0.15) is 16.1 Å². The Morgan fingerprint density at radius 1 is 1.15 bits per heavy atom. The number of carbonyl (C=O) groups is 3. The molecule has 0 atom stereocenters. The number of para-hydroxylation sites is 1. The van der Waals surface area contributed by atoms with Crippen molar-refractivity contribution >= 4 is 62.9 Å². The third kappa shape index (κ3) is 4.61. The van der Waals surface area contributed by atoms with E-state index in [2.05, 4.69) is 15.6 Å². The fourth-order valence-electron chi connectivity index (χ4n) is 3.02. The Bertz CT molecular complexity index is 1400. The average Bonchev–Trinajstić information content (AvgIpc) is 3.06. The minimum absolute atomic E-state index is 0.0735. The molecule has 2 heterocycles. The van der Waals surface area contributed by atoms with Crippen LogP contribution in [0.4, 0.5) is 0 Å². The number of nitrogens with one attached hydrogen (secondary N) is 2. The summed E-state index contributed by atoms with van der Waals surface area (Å²) in [5.74, 6) is -2.18. The highest BCUT2D eigenvalue weighted by atomic mass is 32.2. The van der Waals surface area contributed by atoms with Gasteiger partial charge in [0.15, 0.2) is 16.6 Å². The monoisotopic (exact) mass is 482 g/mol. The van der Waals surface area contributed by atoms with Gasteiger partial charge in [-0.2, -0.15) is 10.1 Å². The van der Waals surface area contributed by atoms with Crippen molar-refractivity contribution in [2.75, 3.05) is 6.61 Å². The summed E-state index contributed by atoms with van der Waals surface area (Å²) in [4.78, 5) is 48.7. The molecule has 0 spiro atoms. The highest BCUT2D eigenvalue weighted by Crippen LogP contribution is 2.33. The number of carboxylic acid groups (broad SMARTS) is 1. The molecular weight excluding hydrogens is 468 g/mol. The molecule has 0 radical (unpaired) electrons. The van der Waals surface area contributed by atoms with Gasteiger partial charge in [0.25, 0.3) is 17.4 Å². The van der Waals surface area contributed by atoms with E-state index in [1.54, 1.807) is 48.5 Å². The summed E-state index contributed by atoms with van der Waals surface area (Å²) in [5.41, 5.74) is 2.38. The highest BCUT2D eigenvalue weighted by Gasteiger charge is 2.34. The van der Waals surface area contributed by atoms with E-state index in [1.807, 2.05) is 0 Å². The zero-order valence-corrected chi connectivity index (χ0v) is 18.2. The lowest BCUT2D eigenvalue weighted by Crippen LogP contribution is -2.45. The second kappa shape index (κ2) is 9.22. The second-order valence-electron chi connectivity index (χ2n) is 6.63. The lowest BCUT2D eigenvalue weighted by atomic mass is 10.1. The number of ether oxygens (including phenoxy) is 1. The molecule has 12 heteroatoms. The number of amides is 2. The maximum absolute atomic E-state index is 12.9. The molecule has 3 N–H and O–H groups in total. The Labute approximate surface area is 195 Å². The predicted molar refractivity (Wildman–Crippen MR) is 124 cm³/mol. The zero-order valence-electron chi connectivity index (χ0n) is 16.6. The van der Waals surface area contributed by atoms with Crippen LogP contribution in [0.3, 0.4) is 0 Å². The Morgan fingerprint density at radius 2 is 1.85 bits per heavy atom. The van der Waals surface area contributed by atoms with Gasteiger partial charge in [-0.1, -0.05) is 48.2 Å². The number of aliphatic carboxylic acids is 1. The number of aromatic nitrogens is 2. The van der Waals surface area contributed by atoms with Crippen molar-refractivity contribution in [2.24, 2.45) is 0 Å². The van der Waals surface area contributed by atoms with Gasteiger partial charge in [0.1, 0.15) is 5.75 Å². The summed E-state index contributed by atoms with van der Waals surface area (Å²) in [6.45, 7) is -0.540. The number of thiocarbonyl (C=S) groups is 1. The lowest BCUT2D eigenvalue weighted by Gasteiger charge is -2.15. The van der Waals surface area contributed by atoms with Crippen LogP contribution < -0.4 is 15.7 Å². The number of hydrogen-bond acceptors (Lipinski definition) is 8. The van der Waals surface area contributed by atoms with Crippen LogP contribution in [-0.4, -0.2) is 49.0 Å². The molecule has 4 rings (SSSR count). The Balaban J connectivity index is 1.58. The van der Waals surface area contributed by atoms with Gasteiger partial charge in [-0.05, 0) is 30.4 Å². The highest BCUT2D eigenvalue weighted by molar-refractivity contribution is 8.26. The fourth-order valence-corrected chi connectivity index (χ4v) is 4.19. The van der Waals surface area contributed by atoms with Crippen molar-refractivity contribution in [1.29, 1.82) is 0 Å². The predicted octanol–water partition coefficient (Wildman–Crippen LogP) is 1.93. The maximum Gasteiger partial charge on any atom is 0.341 e. The molecule has 166 valence electrons. The van der Waals surface area contributed by atoms with Gasteiger partial charge in [-0.15, -0.1) is 0 Å². The summed E-state index contributed by atoms with van der Waals surface area (Å²) in [6.07, 6.45) is 1.50. The van der Waals surface area contributed by atoms with Crippen LogP contribution in [0.5, 0.6) is 5.75 Å². The number of carbonyl (C=O) groups excluding carboxylic acids is 2. The van der Waals surface area contributed by atoms with Gasteiger partial charge in [-0.25, -0.2) is 9.89 Å². The van der Waals surface area contributed by atoms with Crippen LogP contribution in [0.2, 0.25) is 0 Å². The van der Waals surface area contributed by atoms with Gasteiger partial charge >= 0.3 is 5.97 Å². The Kier molecular flexibility index (Phi) is 6.20. The molecule has 1 saturated heterocycles. The van der Waals surface area contributed by atoms with E-state index in [9.17, 15) is 19.2 Å². The van der Waals surface area contributed by atoms with E-state index in [4.69, 9.17) is 22.1 Å². The molecule has 1 aliphatic heterocycles. The van der Waals surface area contributed by atoms with E-state index in [-0.39, 0.29) is 26.1 Å². The maximum atomic E-state index is 12.9. The van der Waals surface area contributed by atoms with Gasteiger partial charge in [0, 0.05) is 10.9 Å². The number of hydrogen-bond donors (Lipinski definition) is 3. The first kappa shape index (κ1) is 22.2. The summed E-state index contributed by atoms with van der Waals surface area (Å²) < 4.78 is 5.33. The smallest absolute Gasteiger partial charge is 0.341 e. The standard InChI is InChI=1S/C21H14N4O6S2/c26-16(27)10-31-14-8-4-1-5-11(14)9-15-20(30)25(21(32)33-15)24-19(29)17-12-6-2-3-7-13(12)18(28)23-22-17/h1-9H,10H2,(H,23,28)(H,24,29)(H,26,27)/b15-9-. The van der Waals surface area contributed by atoms with E-state index in [1.165, 1.54) is 6.08 Å². The van der Waals surface area contributed by atoms with Crippen molar-refractivity contribution in [2.45, 2.75) is 0 Å². The van der Waals surface area contributed by atoms with Crippen molar-refractivity contribution in [3.8, 4) is 5.75 Å². The number of hydrazine groups is 1. The van der Waals surface area contributed by atoms with Crippen molar-refractivity contribution in [1.82, 2.24) is 20.6 Å². The molecule has 2 amide bonds. The van der Waals surface area contributed by atoms with Gasteiger partial charge in [-0.3, -0.25) is 19.8 Å². The summed E-state index contributed by atoms with van der Waals surface area (Å²) >= 11 is 6.20. The normalized spacial score (nSPS) is 14.7. The topological polar surface area (TPSA) is 142 Å². The summed E-state index contributed by atoms with van der Waals surface area (Å²) in [6, 6.07) is 13.0. The molecular formula is C21H14N4O6S2. The second-order valence-corrected chi connectivity index (χ2v) is 8.30. The number of thioether (sulfide) groups is 1. The number of aromatic amines is 1. The van der Waals surface area contributed by atoms with Crippen molar-refractivity contribution < 1.29 is 24.2 Å². The number of carboxylic acids is 1. The number of rotatable bonds is 6. The molecule has 10 nitrogen and oxygen atoms in total. The fraction of sp³-hybridized carbons (Fsp3) is 0.0476. The van der Waals surface area contributed by atoms with Crippen molar-refractivity contribution in [3.05, 3.63) is 75.0 Å². The first-order valence-electron chi connectivity index (χ1n) is 9.35. The molecule has 0 bridgehead atoms. The van der Waals surface area contributed by atoms with Crippen LogP contribution in [-0.2, 0) is 9.59 Å². The number of nitrogens with zero attached hydrogens (tertiary/aromatic N) is 2. The number of fused-ring (bicyclic) bond motifs is 1. The SMILES string of the molecule is O=C(O)COc1ccccc1/C=C1\SC(=S)N(NC(=O)c2n[nH]c(=O)c3ccccc23)C1=O. The third-order valence-corrected chi connectivity index (χ3v) is 5.78. The molecule has 3 aromatic rings.